The number of hydrogen-bond acceptors (Lipinski definition) is 4. The van der Waals surface area contributed by atoms with Crippen LogP contribution < -0.4 is 11.3 Å². The Kier molecular flexibility index (Phi) is 4.72. The van der Waals surface area contributed by atoms with Crippen LogP contribution in [-0.4, -0.2) is 11.0 Å². The van der Waals surface area contributed by atoms with Crippen molar-refractivity contribution < 1.29 is 0 Å². The molecular formula is C13H16ClN3S. The van der Waals surface area contributed by atoms with E-state index in [0.29, 0.717) is 0 Å². The molecule has 0 radical (unpaired) electrons. The predicted molar refractivity (Wildman–Crippen MR) is 76.8 cm³/mol. The Morgan fingerprint density at radius 3 is 2.61 bits per heavy atom. The van der Waals surface area contributed by atoms with Crippen molar-refractivity contribution in [2.24, 2.45) is 5.84 Å². The lowest BCUT2D eigenvalue weighted by atomic mass is 10.0. The van der Waals surface area contributed by atoms with E-state index < -0.39 is 0 Å². The molecule has 0 aliphatic heterocycles. The zero-order valence-corrected chi connectivity index (χ0v) is 11.8. The van der Waals surface area contributed by atoms with Crippen LogP contribution in [0.2, 0.25) is 5.02 Å². The van der Waals surface area contributed by atoms with Gasteiger partial charge in [-0.1, -0.05) is 23.7 Å². The van der Waals surface area contributed by atoms with Gasteiger partial charge in [-0.2, -0.15) is 0 Å². The quantitative estimate of drug-likeness (QED) is 0.654. The molecule has 96 valence electrons. The zero-order chi connectivity index (χ0) is 13.0. The number of thiazole rings is 1. The summed E-state index contributed by atoms with van der Waals surface area (Å²) in [6.45, 7) is 2.00. The highest BCUT2D eigenvalue weighted by molar-refractivity contribution is 7.09. The van der Waals surface area contributed by atoms with E-state index in [1.165, 1.54) is 5.56 Å². The molecule has 5 heteroatoms. The van der Waals surface area contributed by atoms with Crippen LogP contribution in [0.3, 0.4) is 0 Å². The lowest BCUT2D eigenvalue weighted by Crippen LogP contribution is -2.38. The summed E-state index contributed by atoms with van der Waals surface area (Å²) < 4.78 is 0. The second-order valence-electron chi connectivity index (χ2n) is 4.28. The molecule has 1 aromatic heterocycles. The van der Waals surface area contributed by atoms with Gasteiger partial charge in [0.05, 0.1) is 5.01 Å². The van der Waals surface area contributed by atoms with Gasteiger partial charge in [-0.25, -0.2) is 4.98 Å². The minimum atomic E-state index is 0.191. The lowest BCUT2D eigenvalue weighted by Gasteiger charge is -2.14. The van der Waals surface area contributed by atoms with E-state index in [1.807, 2.05) is 31.2 Å². The maximum atomic E-state index is 5.87. The van der Waals surface area contributed by atoms with Gasteiger partial charge >= 0.3 is 0 Å². The summed E-state index contributed by atoms with van der Waals surface area (Å²) in [5, 5.41) is 3.93. The number of hydrogen-bond donors (Lipinski definition) is 2. The Morgan fingerprint density at radius 1 is 1.33 bits per heavy atom. The summed E-state index contributed by atoms with van der Waals surface area (Å²) >= 11 is 7.54. The van der Waals surface area contributed by atoms with Gasteiger partial charge in [0, 0.05) is 28.6 Å². The minimum Gasteiger partial charge on any atom is -0.271 e. The number of nitrogens with zero attached hydrogens (tertiary/aromatic N) is 1. The Morgan fingerprint density at radius 2 is 2.06 bits per heavy atom. The molecule has 1 aromatic carbocycles. The number of nitrogens with two attached hydrogens (primary N) is 1. The van der Waals surface area contributed by atoms with Gasteiger partial charge in [-0.05, 0) is 31.0 Å². The monoisotopic (exact) mass is 281 g/mol. The molecule has 1 atom stereocenters. The number of nitrogens with one attached hydrogen (secondary N) is 1. The summed E-state index contributed by atoms with van der Waals surface area (Å²) in [6.07, 6.45) is 1.71. The number of rotatable bonds is 5. The molecule has 0 saturated heterocycles. The van der Waals surface area contributed by atoms with E-state index >= 15 is 0 Å². The third-order valence-corrected chi connectivity index (χ3v) is 3.96. The molecule has 0 aliphatic rings. The highest BCUT2D eigenvalue weighted by Crippen LogP contribution is 2.15. The molecule has 0 bridgehead atoms. The van der Waals surface area contributed by atoms with Gasteiger partial charge < -0.3 is 0 Å². The van der Waals surface area contributed by atoms with E-state index in [-0.39, 0.29) is 6.04 Å². The topological polar surface area (TPSA) is 50.9 Å². The van der Waals surface area contributed by atoms with Crippen molar-refractivity contribution in [1.82, 2.24) is 10.4 Å². The molecule has 0 aliphatic carbocycles. The molecule has 18 heavy (non-hydrogen) atoms. The van der Waals surface area contributed by atoms with Gasteiger partial charge in [0.1, 0.15) is 0 Å². The Labute approximate surface area is 116 Å². The minimum absolute atomic E-state index is 0.191. The average molecular weight is 282 g/mol. The van der Waals surface area contributed by atoms with Gasteiger partial charge in [-0.3, -0.25) is 11.3 Å². The summed E-state index contributed by atoms with van der Waals surface area (Å²) in [5.41, 5.74) is 5.14. The highest BCUT2D eigenvalue weighted by atomic mass is 35.5. The van der Waals surface area contributed by atoms with Crippen LogP contribution in [-0.2, 0) is 12.8 Å². The first-order chi connectivity index (χ1) is 8.67. The first-order valence-electron chi connectivity index (χ1n) is 5.79. The summed E-state index contributed by atoms with van der Waals surface area (Å²) in [6, 6.07) is 8.05. The predicted octanol–water partition coefficient (Wildman–Crippen LogP) is 2.72. The van der Waals surface area contributed by atoms with E-state index in [4.69, 9.17) is 17.4 Å². The number of aryl methyl sites for hydroxylation is 1. The molecule has 2 rings (SSSR count). The first-order valence-corrected chi connectivity index (χ1v) is 7.04. The van der Waals surface area contributed by atoms with E-state index in [1.54, 1.807) is 11.3 Å². The standard InChI is InChI=1S/C13H16ClN3S/c1-9-8-18-13(16-9)7-12(17-15)6-10-2-4-11(14)5-3-10/h2-5,8,12,17H,6-7,15H2,1H3. The third-order valence-electron chi connectivity index (χ3n) is 2.72. The van der Waals surface area contributed by atoms with Gasteiger partial charge in [0.25, 0.3) is 0 Å². The SMILES string of the molecule is Cc1csc(CC(Cc2ccc(Cl)cc2)NN)n1. The highest BCUT2D eigenvalue weighted by Gasteiger charge is 2.11. The molecule has 1 heterocycles. The van der Waals surface area contributed by atoms with Gasteiger partial charge in [0.15, 0.2) is 0 Å². The molecule has 3 nitrogen and oxygen atoms in total. The molecule has 3 N–H and O–H groups in total. The Bertz CT molecular complexity index is 495. The Hall–Kier alpha value is -0.940. The fourth-order valence-electron chi connectivity index (χ4n) is 1.80. The fraction of sp³-hybridized carbons (Fsp3) is 0.308. The molecule has 2 aromatic rings. The summed E-state index contributed by atoms with van der Waals surface area (Å²) in [4.78, 5) is 4.46. The van der Waals surface area contributed by atoms with Crippen LogP contribution in [0.4, 0.5) is 0 Å². The Balaban J connectivity index is 1.99. The van der Waals surface area contributed by atoms with Crippen molar-refractivity contribution in [3.05, 3.63) is 50.9 Å². The van der Waals surface area contributed by atoms with Crippen molar-refractivity contribution >= 4 is 22.9 Å². The largest absolute Gasteiger partial charge is 0.271 e. The van der Waals surface area contributed by atoms with Crippen molar-refractivity contribution in [2.45, 2.75) is 25.8 Å². The molecule has 0 saturated carbocycles. The number of hydrazine groups is 1. The van der Waals surface area contributed by atoms with Crippen LogP contribution in [0.25, 0.3) is 0 Å². The molecule has 0 amide bonds. The van der Waals surface area contributed by atoms with Crippen LogP contribution in [0.5, 0.6) is 0 Å². The van der Waals surface area contributed by atoms with Crippen LogP contribution in [0, 0.1) is 6.92 Å². The normalized spacial score (nSPS) is 12.6. The smallest absolute Gasteiger partial charge is 0.0944 e. The van der Waals surface area contributed by atoms with Crippen LogP contribution in [0.1, 0.15) is 16.3 Å². The van der Waals surface area contributed by atoms with Crippen molar-refractivity contribution in [3.63, 3.8) is 0 Å². The van der Waals surface area contributed by atoms with Crippen molar-refractivity contribution in [2.75, 3.05) is 0 Å². The van der Waals surface area contributed by atoms with E-state index in [2.05, 4.69) is 15.8 Å². The first kappa shape index (κ1) is 13.5. The summed E-state index contributed by atoms with van der Waals surface area (Å²) in [7, 11) is 0. The lowest BCUT2D eigenvalue weighted by molar-refractivity contribution is 0.521. The number of benzene rings is 1. The van der Waals surface area contributed by atoms with Crippen molar-refractivity contribution in [1.29, 1.82) is 0 Å². The van der Waals surface area contributed by atoms with E-state index in [9.17, 15) is 0 Å². The van der Waals surface area contributed by atoms with Crippen molar-refractivity contribution in [3.8, 4) is 0 Å². The van der Waals surface area contributed by atoms with Crippen LogP contribution in [0.15, 0.2) is 29.6 Å². The number of aromatic nitrogens is 1. The van der Waals surface area contributed by atoms with E-state index in [0.717, 1.165) is 28.6 Å². The molecule has 0 spiro atoms. The second kappa shape index (κ2) is 6.29. The maximum absolute atomic E-state index is 5.87. The molecule has 0 fully saturated rings. The summed E-state index contributed by atoms with van der Waals surface area (Å²) in [5.74, 6) is 5.61. The zero-order valence-electron chi connectivity index (χ0n) is 10.2. The van der Waals surface area contributed by atoms with Crippen LogP contribution >= 0.6 is 22.9 Å². The number of halogens is 1. The van der Waals surface area contributed by atoms with Gasteiger partial charge in [0.2, 0.25) is 0 Å². The fourth-order valence-corrected chi connectivity index (χ4v) is 2.78. The third kappa shape index (κ3) is 3.78. The van der Waals surface area contributed by atoms with Gasteiger partial charge in [-0.15, -0.1) is 11.3 Å². The maximum Gasteiger partial charge on any atom is 0.0944 e. The second-order valence-corrected chi connectivity index (χ2v) is 5.66. The molecular weight excluding hydrogens is 266 g/mol. The average Bonchev–Trinajstić information content (AvgIpc) is 2.77. The molecule has 1 unspecified atom stereocenters.